The summed E-state index contributed by atoms with van der Waals surface area (Å²) in [6, 6.07) is 11.2. The molecule has 0 fully saturated rings. The topological polar surface area (TPSA) is 115 Å². The largest absolute Gasteiger partial charge is 0.354 e. The Morgan fingerprint density at radius 3 is 2.51 bits per heavy atom. The summed E-state index contributed by atoms with van der Waals surface area (Å²) in [7, 11) is 0. The number of aromatic amines is 1. The number of hydrogen-bond donors (Lipinski definition) is 4. The maximum absolute atomic E-state index is 15.4. The van der Waals surface area contributed by atoms with Crippen molar-refractivity contribution >= 4 is 11.0 Å². The third kappa shape index (κ3) is 6.43. The van der Waals surface area contributed by atoms with E-state index in [2.05, 4.69) is 22.2 Å². The van der Waals surface area contributed by atoms with Crippen molar-refractivity contribution in [2.75, 3.05) is 13.1 Å². The van der Waals surface area contributed by atoms with Crippen LogP contribution in [0.25, 0.3) is 28.0 Å². The molecular weight excluding hydrogens is 498 g/mol. The summed E-state index contributed by atoms with van der Waals surface area (Å²) in [5.74, 6) is -1.10. The van der Waals surface area contributed by atoms with Crippen LogP contribution in [0.3, 0.4) is 0 Å². The van der Waals surface area contributed by atoms with Crippen LogP contribution in [0, 0.1) is 11.6 Å². The minimum absolute atomic E-state index is 0.0176. The second-order valence-corrected chi connectivity index (χ2v) is 10.2. The van der Waals surface area contributed by atoms with Crippen LogP contribution in [-0.4, -0.2) is 33.7 Å². The number of hydrogen-bond acceptors (Lipinski definition) is 5. The molecular formula is C30H38F2N6O. The van der Waals surface area contributed by atoms with Crippen molar-refractivity contribution in [2.24, 2.45) is 11.5 Å². The van der Waals surface area contributed by atoms with E-state index < -0.39 is 17.3 Å². The van der Waals surface area contributed by atoms with E-state index in [0.717, 1.165) is 24.9 Å². The Labute approximate surface area is 227 Å². The van der Waals surface area contributed by atoms with Crippen molar-refractivity contribution in [3.05, 3.63) is 81.4 Å². The Morgan fingerprint density at radius 2 is 1.85 bits per heavy atom. The summed E-state index contributed by atoms with van der Waals surface area (Å²) >= 11 is 0. The van der Waals surface area contributed by atoms with E-state index in [1.54, 1.807) is 25.3 Å². The molecule has 39 heavy (non-hydrogen) atoms. The average Bonchev–Trinajstić information content (AvgIpc) is 3.32. The number of nitrogens with zero attached hydrogens (tertiary/aromatic N) is 2. The molecule has 0 bridgehead atoms. The van der Waals surface area contributed by atoms with Crippen molar-refractivity contribution in [2.45, 2.75) is 65.0 Å². The first-order chi connectivity index (χ1) is 18.7. The fraction of sp³-hybridized carbons (Fsp3) is 0.400. The van der Waals surface area contributed by atoms with Gasteiger partial charge in [-0.25, -0.2) is 13.6 Å². The highest BCUT2D eigenvalue weighted by molar-refractivity contribution is 5.83. The molecule has 9 heteroatoms. The predicted octanol–water partition coefficient (Wildman–Crippen LogP) is 4.89. The molecule has 0 unspecified atom stereocenters. The van der Waals surface area contributed by atoms with Crippen LogP contribution in [0.1, 0.15) is 62.8 Å². The lowest BCUT2D eigenvalue weighted by Crippen LogP contribution is -2.22. The van der Waals surface area contributed by atoms with Crippen LogP contribution in [0.5, 0.6) is 0 Å². The molecule has 2 heterocycles. The zero-order valence-electron chi connectivity index (χ0n) is 22.9. The third-order valence-electron chi connectivity index (χ3n) is 7.13. The fourth-order valence-corrected chi connectivity index (χ4v) is 4.84. The number of aryl methyl sites for hydroxylation is 1. The lowest BCUT2D eigenvalue weighted by atomic mass is 9.96. The first-order valence-corrected chi connectivity index (χ1v) is 13.6. The van der Waals surface area contributed by atoms with Gasteiger partial charge in [0.2, 0.25) is 0 Å². The van der Waals surface area contributed by atoms with Crippen molar-refractivity contribution in [3.63, 3.8) is 0 Å². The summed E-state index contributed by atoms with van der Waals surface area (Å²) < 4.78 is 32.0. The van der Waals surface area contributed by atoms with Crippen LogP contribution in [-0.2, 0) is 12.8 Å². The lowest BCUT2D eigenvalue weighted by Gasteiger charge is -2.14. The van der Waals surface area contributed by atoms with Gasteiger partial charge < -0.3 is 21.8 Å². The van der Waals surface area contributed by atoms with Gasteiger partial charge >= 0.3 is 5.69 Å². The van der Waals surface area contributed by atoms with E-state index in [9.17, 15) is 4.79 Å². The molecule has 2 aromatic heterocycles. The second kappa shape index (κ2) is 12.6. The number of benzene rings is 2. The smallest absolute Gasteiger partial charge is 0.339 e. The molecule has 0 aliphatic heterocycles. The average molecular weight is 537 g/mol. The minimum atomic E-state index is -0.600. The Kier molecular flexibility index (Phi) is 9.27. The van der Waals surface area contributed by atoms with E-state index in [0.29, 0.717) is 47.4 Å². The number of rotatable bonds is 12. The van der Waals surface area contributed by atoms with Gasteiger partial charge in [-0.2, -0.15) is 4.98 Å². The highest BCUT2D eigenvalue weighted by atomic mass is 19.1. The molecule has 6 N–H and O–H groups in total. The van der Waals surface area contributed by atoms with Crippen LogP contribution >= 0.6 is 0 Å². The van der Waals surface area contributed by atoms with Gasteiger partial charge in [0.1, 0.15) is 17.3 Å². The summed E-state index contributed by atoms with van der Waals surface area (Å²) in [6.45, 7) is 7.20. The molecule has 0 aliphatic carbocycles. The quantitative estimate of drug-likeness (QED) is 0.193. The van der Waals surface area contributed by atoms with E-state index in [1.807, 2.05) is 31.2 Å². The van der Waals surface area contributed by atoms with Crippen LogP contribution < -0.4 is 22.5 Å². The number of aromatic nitrogens is 3. The second-order valence-electron chi connectivity index (χ2n) is 10.2. The molecule has 0 aliphatic rings. The summed E-state index contributed by atoms with van der Waals surface area (Å²) in [4.78, 5) is 20.2. The van der Waals surface area contributed by atoms with E-state index in [-0.39, 0.29) is 29.6 Å². The zero-order valence-corrected chi connectivity index (χ0v) is 22.9. The number of nitrogens with one attached hydrogen (secondary N) is 2. The monoisotopic (exact) mass is 536 g/mol. The molecule has 4 aromatic rings. The van der Waals surface area contributed by atoms with Crippen LogP contribution in [0.4, 0.5) is 8.78 Å². The Balaban J connectivity index is 1.66. The third-order valence-corrected chi connectivity index (χ3v) is 7.13. The van der Waals surface area contributed by atoms with Crippen LogP contribution in [0.15, 0.2) is 47.4 Å². The molecule has 0 saturated carbocycles. The summed E-state index contributed by atoms with van der Waals surface area (Å²) in [6.07, 6.45) is 4.74. The van der Waals surface area contributed by atoms with Crippen LogP contribution in [0.2, 0.25) is 0 Å². The van der Waals surface area contributed by atoms with Crippen molar-refractivity contribution in [3.8, 4) is 16.9 Å². The minimum Gasteiger partial charge on any atom is -0.339 e. The van der Waals surface area contributed by atoms with Crippen molar-refractivity contribution in [1.82, 2.24) is 19.9 Å². The molecule has 2 atom stereocenters. The molecule has 0 amide bonds. The summed E-state index contributed by atoms with van der Waals surface area (Å²) in [5, 5.41) is 4.07. The lowest BCUT2D eigenvalue weighted by molar-refractivity contribution is 0.542. The van der Waals surface area contributed by atoms with E-state index in [1.165, 1.54) is 4.57 Å². The van der Waals surface area contributed by atoms with Gasteiger partial charge in [-0.1, -0.05) is 19.1 Å². The van der Waals surface area contributed by atoms with Crippen molar-refractivity contribution < 1.29 is 8.78 Å². The molecule has 7 nitrogen and oxygen atoms in total. The number of H-pyrrole nitrogens is 1. The number of nitrogens with two attached hydrogens (primary N) is 2. The van der Waals surface area contributed by atoms with E-state index >= 15 is 8.78 Å². The maximum Gasteiger partial charge on any atom is 0.354 e. The molecule has 0 saturated heterocycles. The maximum atomic E-state index is 15.4. The Hall–Kier alpha value is -3.40. The van der Waals surface area contributed by atoms with Gasteiger partial charge in [0, 0.05) is 34.8 Å². The SMILES string of the molecule is CCc1c(F)c(CCC[C@H](C)N)cc(-c2cc3cn(-c4ccc([C@H](C)NCCCN)cc4)c(=O)nc3[nH]2)c1F. The fourth-order valence-electron chi connectivity index (χ4n) is 4.84. The Bertz CT molecular complexity index is 1480. The molecule has 0 spiro atoms. The molecule has 2 aromatic carbocycles. The van der Waals surface area contributed by atoms with Gasteiger partial charge in [-0.15, -0.1) is 0 Å². The first-order valence-electron chi connectivity index (χ1n) is 13.6. The standard InChI is InChI=1S/C30H38F2N6O/c1-4-24-27(31)21(8-5-7-18(2)34)15-25(28(24)32)26-16-22-17-38(30(39)37-29(22)36-26)23-11-9-20(10-12-23)19(3)35-14-6-13-33/h9-12,15-19,35H,4-8,13-14,33-34H2,1-3H3,(H,36,37,39)/t18-,19-/m0/s1. The number of halogens is 2. The summed E-state index contributed by atoms with van der Waals surface area (Å²) in [5.41, 5.74) is 14.3. The van der Waals surface area contributed by atoms with Gasteiger partial charge in [0.25, 0.3) is 0 Å². The molecule has 4 rings (SSSR count). The van der Waals surface area contributed by atoms with Gasteiger partial charge in [0.05, 0.1) is 11.4 Å². The zero-order chi connectivity index (χ0) is 28.1. The Morgan fingerprint density at radius 1 is 1.10 bits per heavy atom. The van der Waals surface area contributed by atoms with E-state index in [4.69, 9.17) is 11.5 Å². The molecule has 208 valence electrons. The molecule has 0 radical (unpaired) electrons. The number of fused-ring (bicyclic) bond motifs is 1. The van der Waals surface area contributed by atoms with Gasteiger partial charge in [0.15, 0.2) is 0 Å². The normalized spacial score (nSPS) is 13.2. The van der Waals surface area contributed by atoms with Gasteiger partial charge in [-0.3, -0.25) is 4.57 Å². The van der Waals surface area contributed by atoms with Crippen molar-refractivity contribution in [1.29, 1.82) is 0 Å². The first kappa shape index (κ1) is 28.6. The predicted molar refractivity (Wildman–Crippen MR) is 153 cm³/mol. The highest BCUT2D eigenvalue weighted by Gasteiger charge is 2.20. The van der Waals surface area contributed by atoms with Gasteiger partial charge in [-0.05, 0) is 94.4 Å². The highest BCUT2D eigenvalue weighted by Crippen LogP contribution is 2.31.